The van der Waals surface area contributed by atoms with Crippen LogP contribution in [0.2, 0.25) is 0 Å². The van der Waals surface area contributed by atoms with Crippen molar-refractivity contribution >= 4 is 13.8 Å². The molecule has 0 aliphatic heterocycles. The molecule has 1 N–H and O–H groups in total. The number of phosphoric acid groups is 1. The van der Waals surface area contributed by atoms with E-state index in [4.69, 9.17) is 4.62 Å². The van der Waals surface area contributed by atoms with Crippen LogP contribution in [0.25, 0.3) is 0 Å². The highest BCUT2D eigenvalue weighted by Gasteiger charge is 2.30. The summed E-state index contributed by atoms with van der Waals surface area (Å²) in [6.07, 6.45) is 0.987. The fourth-order valence-corrected chi connectivity index (χ4v) is 1.66. The second-order valence-electron chi connectivity index (χ2n) is 3.64. The molecule has 0 aromatic rings. The Bertz CT molecular complexity index is 297. The molecule has 0 radical (unpaired) electrons. The van der Waals surface area contributed by atoms with Gasteiger partial charge in [-0.15, -0.1) is 0 Å². The summed E-state index contributed by atoms with van der Waals surface area (Å²) in [6.45, 7) is 2.82. The maximum absolute atomic E-state index is 11.3. The molecule has 0 rings (SSSR count). The van der Waals surface area contributed by atoms with E-state index in [0.717, 1.165) is 6.08 Å². The first-order valence-electron chi connectivity index (χ1n) is 4.45. The number of hydroxylamine groups is 3. The van der Waals surface area contributed by atoms with E-state index in [1.165, 1.54) is 0 Å². The number of hydrogen-bond donors (Lipinski definition) is 1. The molecule has 0 spiro atoms. The molecule has 94 valence electrons. The second-order valence-corrected chi connectivity index (χ2v) is 5.00. The number of phosphoric ester groups is 1. The van der Waals surface area contributed by atoms with Crippen LogP contribution >= 0.6 is 7.82 Å². The van der Waals surface area contributed by atoms with Gasteiger partial charge < -0.3 is 4.74 Å². The van der Waals surface area contributed by atoms with E-state index in [1.54, 1.807) is 21.1 Å². The maximum Gasteiger partial charge on any atom is 0.518 e. The molecule has 0 fully saturated rings. The van der Waals surface area contributed by atoms with Crippen LogP contribution in [0.15, 0.2) is 12.7 Å². The molecule has 0 aromatic carbocycles. The van der Waals surface area contributed by atoms with Gasteiger partial charge in [0, 0.05) is 6.08 Å². The molecular formula is C8H17NO6P+. The van der Waals surface area contributed by atoms with E-state index < -0.39 is 13.8 Å². The van der Waals surface area contributed by atoms with Crippen LogP contribution in [0.1, 0.15) is 0 Å². The van der Waals surface area contributed by atoms with Gasteiger partial charge in [0.2, 0.25) is 0 Å². The van der Waals surface area contributed by atoms with Gasteiger partial charge in [-0.3, -0.25) is 9.42 Å². The summed E-state index contributed by atoms with van der Waals surface area (Å²) in [7, 11) is 0.551. The summed E-state index contributed by atoms with van der Waals surface area (Å²) in [5.74, 6) is -0.621. The molecule has 7 nitrogen and oxygen atoms in total. The maximum atomic E-state index is 11.3. The Balaban J connectivity index is 3.88. The molecule has 1 unspecified atom stereocenters. The smallest absolute Gasteiger partial charge is 0.460 e. The fourth-order valence-electron chi connectivity index (χ4n) is 0.687. The van der Waals surface area contributed by atoms with Gasteiger partial charge in [-0.25, -0.2) is 9.36 Å². The second kappa shape index (κ2) is 6.12. The van der Waals surface area contributed by atoms with Crippen LogP contribution in [0, 0.1) is 0 Å². The predicted octanol–water partition coefficient (Wildman–Crippen LogP) is 0.470. The normalized spacial score (nSPS) is 15.2. The summed E-state index contributed by atoms with van der Waals surface area (Å²) in [4.78, 5) is 19.8. The quantitative estimate of drug-likeness (QED) is 0.178. The van der Waals surface area contributed by atoms with E-state index >= 15 is 0 Å². The van der Waals surface area contributed by atoms with E-state index in [0.29, 0.717) is 0 Å². The zero-order valence-corrected chi connectivity index (χ0v) is 10.5. The number of carbonyl (C=O) groups excluding carboxylic acids is 1. The van der Waals surface area contributed by atoms with E-state index in [9.17, 15) is 14.3 Å². The predicted molar refractivity (Wildman–Crippen MR) is 56.1 cm³/mol. The average Bonchev–Trinajstić information content (AvgIpc) is 2.08. The highest BCUT2D eigenvalue weighted by atomic mass is 31.2. The van der Waals surface area contributed by atoms with Crippen molar-refractivity contribution in [3.63, 3.8) is 0 Å². The van der Waals surface area contributed by atoms with Crippen molar-refractivity contribution in [1.29, 1.82) is 0 Å². The number of quaternary nitrogens is 1. The van der Waals surface area contributed by atoms with Gasteiger partial charge in [0.15, 0.2) is 0 Å². The van der Waals surface area contributed by atoms with Crippen molar-refractivity contribution in [2.24, 2.45) is 0 Å². The molecule has 8 heteroatoms. The Morgan fingerprint density at radius 3 is 2.44 bits per heavy atom. The first kappa shape index (κ1) is 15.3. The fraction of sp³-hybridized carbons (Fsp3) is 0.625. The third-order valence-corrected chi connectivity index (χ3v) is 2.30. The minimum absolute atomic E-state index is 0.143. The number of rotatable bonds is 7. The third-order valence-electron chi connectivity index (χ3n) is 1.10. The van der Waals surface area contributed by atoms with Crippen molar-refractivity contribution in [3.05, 3.63) is 12.7 Å². The summed E-state index contributed by atoms with van der Waals surface area (Å²) >= 11 is 0. The average molecular weight is 254 g/mol. The zero-order valence-electron chi connectivity index (χ0n) is 9.58. The van der Waals surface area contributed by atoms with Gasteiger partial charge >= 0.3 is 13.8 Å². The van der Waals surface area contributed by atoms with Crippen molar-refractivity contribution in [3.8, 4) is 0 Å². The van der Waals surface area contributed by atoms with E-state index in [2.05, 4.69) is 15.8 Å². The Morgan fingerprint density at radius 2 is 2.00 bits per heavy atom. The van der Waals surface area contributed by atoms with Crippen LogP contribution in [-0.2, 0) is 23.2 Å². The molecule has 0 aliphatic rings. The number of hydrogen-bond acceptors (Lipinski definition) is 5. The van der Waals surface area contributed by atoms with Gasteiger partial charge in [0.1, 0.15) is 6.61 Å². The summed E-state index contributed by atoms with van der Waals surface area (Å²) < 4.78 is 24.9. The molecule has 0 saturated carbocycles. The van der Waals surface area contributed by atoms with E-state index in [-0.39, 0.29) is 17.9 Å². The molecular weight excluding hydrogens is 237 g/mol. The number of carbonyl (C=O) groups is 1. The van der Waals surface area contributed by atoms with Crippen LogP contribution in [0.5, 0.6) is 0 Å². The molecule has 16 heavy (non-hydrogen) atoms. The lowest BCUT2D eigenvalue weighted by Gasteiger charge is -2.22. The lowest BCUT2D eigenvalue weighted by atomic mass is 10.6. The molecule has 0 amide bonds. The van der Waals surface area contributed by atoms with Crippen LogP contribution < -0.4 is 0 Å². The molecule has 0 aromatic heterocycles. The number of esters is 1. The summed E-state index contributed by atoms with van der Waals surface area (Å²) in [5.41, 5.74) is 0. The Morgan fingerprint density at radius 1 is 1.44 bits per heavy atom. The summed E-state index contributed by atoms with van der Waals surface area (Å²) in [6, 6.07) is 0. The molecule has 0 heterocycles. The van der Waals surface area contributed by atoms with Crippen LogP contribution in [0.4, 0.5) is 0 Å². The Labute approximate surface area is 94.4 Å². The van der Waals surface area contributed by atoms with Gasteiger partial charge in [-0.1, -0.05) is 11.2 Å². The number of ether oxygens (including phenoxy) is 1. The van der Waals surface area contributed by atoms with Crippen LogP contribution in [-0.4, -0.2) is 49.9 Å². The largest absolute Gasteiger partial charge is 0.518 e. The molecule has 0 saturated heterocycles. The zero-order chi connectivity index (χ0) is 12.8. The van der Waals surface area contributed by atoms with E-state index in [1.807, 2.05) is 0 Å². The third kappa shape index (κ3) is 8.58. The molecule has 0 aliphatic carbocycles. The minimum Gasteiger partial charge on any atom is -0.460 e. The SMILES string of the molecule is C=CC(=O)OCCOP(=O)(O)O[N+](C)(C)C. The lowest BCUT2D eigenvalue weighted by Crippen LogP contribution is -2.33. The standard InChI is InChI=1S/C8H16NO6P/c1-5-8(10)13-6-7-14-16(11,12)15-9(2,3)4/h5H,1,6-7H2,2-4H3/p+1. The Kier molecular flexibility index (Phi) is 5.85. The molecule has 1 atom stereocenters. The minimum atomic E-state index is -4.13. The van der Waals surface area contributed by atoms with Gasteiger partial charge in [-0.2, -0.15) is 4.65 Å². The van der Waals surface area contributed by atoms with Crippen molar-refractivity contribution in [2.45, 2.75) is 0 Å². The topological polar surface area (TPSA) is 82.1 Å². The summed E-state index contributed by atoms with van der Waals surface area (Å²) in [5, 5.41) is 0. The van der Waals surface area contributed by atoms with Crippen molar-refractivity contribution < 1.29 is 32.8 Å². The lowest BCUT2D eigenvalue weighted by molar-refractivity contribution is -1.04. The van der Waals surface area contributed by atoms with Crippen molar-refractivity contribution in [2.75, 3.05) is 34.4 Å². The molecule has 0 bridgehead atoms. The first-order chi connectivity index (χ1) is 7.16. The highest BCUT2D eigenvalue weighted by molar-refractivity contribution is 7.47. The van der Waals surface area contributed by atoms with Crippen molar-refractivity contribution in [1.82, 2.24) is 0 Å². The highest BCUT2D eigenvalue weighted by Crippen LogP contribution is 2.44. The van der Waals surface area contributed by atoms with Gasteiger partial charge in [-0.05, 0) is 0 Å². The van der Waals surface area contributed by atoms with Gasteiger partial charge in [0.05, 0.1) is 27.7 Å². The number of nitrogens with zero attached hydrogens (tertiary/aromatic N) is 1. The first-order valence-corrected chi connectivity index (χ1v) is 5.95. The van der Waals surface area contributed by atoms with Gasteiger partial charge in [0.25, 0.3) is 0 Å². The van der Waals surface area contributed by atoms with Crippen LogP contribution in [0.3, 0.4) is 0 Å². The monoisotopic (exact) mass is 254 g/mol. The Hall–Kier alpha value is -0.720.